The van der Waals surface area contributed by atoms with Crippen LogP contribution in [0.1, 0.15) is 23.9 Å². The van der Waals surface area contributed by atoms with Crippen molar-refractivity contribution >= 4 is 11.8 Å². The van der Waals surface area contributed by atoms with Crippen LogP contribution in [0.5, 0.6) is 0 Å². The number of carbonyl (C=O) groups excluding carboxylic acids is 2. The van der Waals surface area contributed by atoms with Gasteiger partial charge < -0.3 is 19.3 Å². The highest BCUT2D eigenvalue weighted by atomic mass is 16.3. The van der Waals surface area contributed by atoms with Crippen molar-refractivity contribution in [3.63, 3.8) is 0 Å². The van der Waals surface area contributed by atoms with Crippen LogP contribution in [-0.4, -0.2) is 60.0 Å². The number of hydrogen-bond donors (Lipinski definition) is 1. The van der Waals surface area contributed by atoms with E-state index >= 15 is 0 Å². The van der Waals surface area contributed by atoms with Crippen molar-refractivity contribution in [2.24, 2.45) is 0 Å². The molecule has 1 unspecified atom stereocenters. The van der Waals surface area contributed by atoms with E-state index in [1.165, 1.54) is 16.1 Å². The van der Waals surface area contributed by atoms with E-state index in [-0.39, 0.29) is 24.1 Å². The fourth-order valence-electron chi connectivity index (χ4n) is 1.49. The lowest BCUT2D eigenvalue weighted by Crippen LogP contribution is -2.40. The van der Waals surface area contributed by atoms with Gasteiger partial charge in [-0.3, -0.25) is 9.59 Å². The fraction of sp³-hybridized carbons (Fsp3) is 0.538. The van der Waals surface area contributed by atoms with Crippen LogP contribution in [0.15, 0.2) is 22.8 Å². The van der Waals surface area contributed by atoms with E-state index in [0.717, 1.165) is 0 Å². The van der Waals surface area contributed by atoms with Gasteiger partial charge in [0.25, 0.3) is 5.91 Å². The van der Waals surface area contributed by atoms with Gasteiger partial charge in [0.05, 0.1) is 18.9 Å². The van der Waals surface area contributed by atoms with E-state index < -0.39 is 6.10 Å². The largest absolute Gasteiger partial charge is 0.459 e. The summed E-state index contributed by atoms with van der Waals surface area (Å²) in [6.45, 7) is 2.11. The van der Waals surface area contributed by atoms with Crippen molar-refractivity contribution in [1.29, 1.82) is 0 Å². The van der Waals surface area contributed by atoms with Gasteiger partial charge >= 0.3 is 0 Å². The maximum absolute atomic E-state index is 11.9. The summed E-state index contributed by atoms with van der Waals surface area (Å²) in [5, 5.41) is 9.16. The van der Waals surface area contributed by atoms with Crippen LogP contribution in [0, 0.1) is 0 Å². The SMILES string of the molecule is CC(O)CCN(C)C(=O)CN(C)C(=O)c1ccco1. The van der Waals surface area contributed by atoms with Crippen molar-refractivity contribution < 1.29 is 19.1 Å². The minimum atomic E-state index is -0.447. The lowest BCUT2D eigenvalue weighted by Gasteiger charge is -2.22. The molecule has 6 nitrogen and oxygen atoms in total. The standard InChI is InChI=1S/C13H20N2O4/c1-10(16)6-7-14(2)12(17)9-15(3)13(18)11-5-4-8-19-11/h4-5,8,10,16H,6-7,9H2,1-3H3. The zero-order chi connectivity index (χ0) is 14.4. The number of nitrogens with zero attached hydrogens (tertiary/aromatic N) is 2. The van der Waals surface area contributed by atoms with E-state index in [1.807, 2.05) is 0 Å². The molecule has 0 aliphatic rings. The summed E-state index contributed by atoms with van der Waals surface area (Å²) in [7, 11) is 3.20. The number of hydrogen-bond acceptors (Lipinski definition) is 4. The molecular weight excluding hydrogens is 248 g/mol. The van der Waals surface area contributed by atoms with E-state index in [4.69, 9.17) is 9.52 Å². The van der Waals surface area contributed by atoms with Crippen molar-refractivity contribution in [1.82, 2.24) is 9.80 Å². The third-order valence-corrected chi connectivity index (χ3v) is 2.76. The van der Waals surface area contributed by atoms with Crippen LogP contribution in [0.4, 0.5) is 0 Å². The van der Waals surface area contributed by atoms with E-state index in [2.05, 4.69) is 0 Å². The van der Waals surface area contributed by atoms with Crippen LogP contribution in [0.25, 0.3) is 0 Å². The highest BCUT2D eigenvalue weighted by Crippen LogP contribution is 2.04. The van der Waals surface area contributed by atoms with Gasteiger partial charge in [0.1, 0.15) is 0 Å². The first-order chi connectivity index (χ1) is 8.91. The van der Waals surface area contributed by atoms with Crippen LogP contribution in [-0.2, 0) is 4.79 Å². The van der Waals surface area contributed by atoms with Gasteiger partial charge in [-0.15, -0.1) is 0 Å². The van der Waals surface area contributed by atoms with E-state index in [1.54, 1.807) is 33.2 Å². The normalized spacial score (nSPS) is 12.0. The Hall–Kier alpha value is -1.82. The van der Waals surface area contributed by atoms with Crippen molar-refractivity contribution in [2.45, 2.75) is 19.4 Å². The number of aliphatic hydroxyl groups excluding tert-OH is 1. The van der Waals surface area contributed by atoms with Crippen molar-refractivity contribution in [2.75, 3.05) is 27.2 Å². The topological polar surface area (TPSA) is 74.0 Å². The molecule has 1 N–H and O–H groups in total. The molecule has 0 bridgehead atoms. The fourth-order valence-corrected chi connectivity index (χ4v) is 1.49. The van der Waals surface area contributed by atoms with Gasteiger partial charge in [-0.1, -0.05) is 0 Å². The molecule has 0 fully saturated rings. The monoisotopic (exact) mass is 268 g/mol. The van der Waals surface area contributed by atoms with Crippen molar-refractivity contribution in [3.8, 4) is 0 Å². The smallest absolute Gasteiger partial charge is 0.289 e. The maximum Gasteiger partial charge on any atom is 0.289 e. The minimum absolute atomic E-state index is 0.0180. The number of carbonyl (C=O) groups is 2. The summed E-state index contributed by atoms with van der Waals surface area (Å²) in [5.74, 6) is -0.299. The first-order valence-electron chi connectivity index (χ1n) is 6.12. The molecule has 1 heterocycles. The Bertz CT molecular complexity index is 414. The Morgan fingerprint density at radius 2 is 2.05 bits per heavy atom. The zero-order valence-electron chi connectivity index (χ0n) is 11.5. The second-order valence-corrected chi connectivity index (χ2v) is 4.59. The molecule has 1 atom stereocenters. The Kier molecular flexibility index (Phi) is 5.57. The molecule has 0 radical (unpaired) electrons. The first-order valence-corrected chi connectivity index (χ1v) is 6.12. The molecule has 6 heteroatoms. The molecular formula is C13H20N2O4. The summed E-state index contributed by atoms with van der Waals surface area (Å²) in [6, 6.07) is 3.18. The Labute approximate surface area is 112 Å². The summed E-state index contributed by atoms with van der Waals surface area (Å²) in [4.78, 5) is 26.5. The Morgan fingerprint density at radius 3 is 2.58 bits per heavy atom. The van der Waals surface area contributed by atoms with Gasteiger partial charge in [-0.05, 0) is 25.5 Å². The summed E-state index contributed by atoms with van der Waals surface area (Å²) >= 11 is 0. The molecule has 0 aliphatic carbocycles. The molecule has 0 aromatic carbocycles. The van der Waals surface area contributed by atoms with Crippen LogP contribution in [0.3, 0.4) is 0 Å². The number of likely N-dealkylation sites (N-methyl/N-ethyl adjacent to an activating group) is 2. The van der Waals surface area contributed by atoms with Gasteiger partial charge in [0, 0.05) is 20.6 Å². The number of aliphatic hydroxyl groups is 1. The summed E-state index contributed by atoms with van der Waals surface area (Å²) in [5.41, 5.74) is 0. The zero-order valence-corrected chi connectivity index (χ0v) is 11.5. The summed E-state index contributed by atoms with van der Waals surface area (Å²) in [6.07, 6.45) is 1.48. The molecule has 106 valence electrons. The maximum atomic E-state index is 11.9. The quantitative estimate of drug-likeness (QED) is 0.819. The molecule has 1 aromatic rings. The number of furan rings is 1. The lowest BCUT2D eigenvalue weighted by atomic mass is 10.2. The van der Waals surface area contributed by atoms with Crippen molar-refractivity contribution in [3.05, 3.63) is 24.2 Å². The van der Waals surface area contributed by atoms with Gasteiger partial charge in [0.2, 0.25) is 5.91 Å². The molecule has 0 spiro atoms. The average Bonchev–Trinajstić information content (AvgIpc) is 2.88. The number of rotatable bonds is 6. The third-order valence-electron chi connectivity index (χ3n) is 2.76. The predicted molar refractivity (Wildman–Crippen MR) is 69.6 cm³/mol. The Morgan fingerprint density at radius 1 is 1.37 bits per heavy atom. The van der Waals surface area contributed by atoms with Gasteiger partial charge in [0.15, 0.2) is 5.76 Å². The molecule has 0 saturated carbocycles. The second kappa shape index (κ2) is 6.94. The molecule has 1 rings (SSSR count). The van der Waals surface area contributed by atoms with Gasteiger partial charge in [-0.2, -0.15) is 0 Å². The van der Waals surface area contributed by atoms with E-state index in [0.29, 0.717) is 13.0 Å². The molecule has 2 amide bonds. The third kappa shape index (κ3) is 4.75. The lowest BCUT2D eigenvalue weighted by molar-refractivity contribution is -0.130. The highest BCUT2D eigenvalue weighted by Gasteiger charge is 2.19. The Balaban J connectivity index is 2.45. The van der Waals surface area contributed by atoms with Crippen LogP contribution in [0.2, 0.25) is 0 Å². The average molecular weight is 268 g/mol. The minimum Gasteiger partial charge on any atom is -0.459 e. The molecule has 0 aliphatic heterocycles. The second-order valence-electron chi connectivity index (χ2n) is 4.59. The number of amides is 2. The molecule has 0 saturated heterocycles. The molecule has 19 heavy (non-hydrogen) atoms. The van der Waals surface area contributed by atoms with Gasteiger partial charge in [-0.25, -0.2) is 0 Å². The van der Waals surface area contributed by atoms with Crippen LogP contribution < -0.4 is 0 Å². The highest BCUT2D eigenvalue weighted by molar-refractivity contribution is 5.93. The first kappa shape index (κ1) is 15.2. The van der Waals surface area contributed by atoms with E-state index in [9.17, 15) is 9.59 Å². The molecule has 1 aromatic heterocycles. The van der Waals surface area contributed by atoms with Crippen LogP contribution >= 0.6 is 0 Å². The predicted octanol–water partition coefficient (Wildman–Crippen LogP) is 0.581. The summed E-state index contributed by atoms with van der Waals surface area (Å²) < 4.78 is 4.99.